The average Bonchev–Trinajstić information content (AvgIpc) is 2.77. The predicted octanol–water partition coefficient (Wildman–Crippen LogP) is 2.69. The lowest BCUT2D eigenvalue weighted by Gasteiger charge is -2.22. The molecular weight excluding hydrogens is 286 g/mol. The van der Waals surface area contributed by atoms with E-state index in [9.17, 15) is 4.79 Å². The van der Waals surface area contributed by atoms with Gasteiger partial charge in [0.25, 0.3) is 0 Å². The second-order valence-electron chi connectivity index (χ2n) is 5.86. The summed E-state index contributed by atoms with van der Waals surface area (Å²) in [5.41, 5.74) is 6.20. The Bertz CT molecular complexity index is 586. The molecule has 2 rings (SSSR count). The lowest BCUT2D eigenvalue weighted by Crippen LogP contribution is -2.44. The number of aromatic nitrogens is 1. The minimum atomic E-state index is -0.515. The number of fused-ring (bicyclic) bond motifs is 1. The van der Waals surface area contributed by atoms with Crippen LogP contribution in [-0.2, 0) is 11.2 Å². The molecule has 0 bridgehead atoms. The summed E-state index contributed by atoms with van der Waals surface area (Å²) in [5, 5.41) is 3.76. The van der Waals surface area contributed by atoms with E-state index in [1.807, 2.05) is 45.0 Å². The molecule has 21 heavy (non-hydrogen) atoms. The van der Waals surface area contributed by atoms with Crippen LogP contribution < -0.4 is 11.1 Å². The van der Waals surface area contributed by atoms with Gasteiger partial charge in [0, 0.05) is 13.0 Å². The minimum absolute atomic E-state index is 0.180. The summed E-state index contributed by atoms with van der Waals surface area (Å²) in [6.45, 7) is 5.84. The third-order valence-corrected chi connectivity index (χ3v) is 3.82. The van der Waals surface area contributed by atoms with Crippen molar-refractivity contribution in [1.29, 1.82) is 0 Å². The third-order valence-electron chi connectivity index (χ3n) is 2.76. The van der Waals surface area contributed by atoms with Gasteiger partial charge < -0.3 is 15.8 Å². The van der Waals surface area contributed by atoms with Gasteiger partial charge in [-0.1, -0.05) is 12.1 Å². The average molecular weight is 307 g/mol. The number of amides is 1. The van der Waals surface area contributed by atoms with E-state index >= 15 is 0 Å². The molecule has 1 heterocycles. The third kappa shape index (κ3) is 4.68. The van der Waals surface area contributed by atoms with Gasteiger partial charge in [0.05, 0.1) is 21.3 Å². The summed E-state index contributed by atoms with van der Waals surface area (Å²) < 4.78 is 6.38. The number of ether oxygens (including phenoxy) is 1. The SMILES string of the molecule is CC(C)(C)OC(=O)NC(CN)Cc1nc2ccccc2s1. The fraction of sp³-hybridized carbons (Fsp3) is 0.467. The maximum atomic E-state index is 11.8. The number of nitrogens with one attached hydrogen (secondary N) is 1. The van der Waals surface area contributed by atoms with E-state index in [1.54, 1.807) is 11.3 Å². The number of rotatable bonds is 4. The summed E-state index contributed by atoms with van der Waals surface area (Å²) >= 11 is 1.62. The Hall–Kier alpha value is -1.66. The van der Waals surface area contributed by atoms with E-state index < -0.39 is 11.7 Å². The standard InChI is InChI=1S/C15H21N3O2S/c1-15(2,3)20-14(19)17-10(9-16)8-13-18-11-6-4-5-7-12(11)21-13/h4-7,10H,8-9,16H2,1-3H3,(H,17,19). The zero-order valence-electron chi connectivity index (χ0n) is 12.6. The topological polar surface area (TPSA) is 77.2 Å². The molecule has 6 heteroatoms. The molecule has 114 valence electrons. The van der Waals surface area contributed by atoms with E-state index in [0.717, 1.165) is 15.2 Å². The molecule has 1 atom stereocenters. The van der Waals surface area contributed by atoms with Crippen LogP contribution in [0.5, 0.6) is 0 Å². The molecule has 0 aliphatic rings. The maximum absolute atomic E-state index is 11.8. The quantitative estimate of drug-likeness (QED) is 0.910. The van der Waals surface area contributed by atoms with Crippen molar-refractivity contribution >= 4 is 27.6 Å². The van der Waals surface area contributed by atoms with Crippen LogP contribution >= 0.6 is 11.3 Å². The number of alkyl carbamates (subject to hydrolysis) is 1. The monoisotopic (exact) mass is 307 g/mol. The van der Waals surface area contributed by atoms with Crippen molar-refractivity contribution < 1.29 is 9.53 Å². The second kappa shape index (κ2) is 6.41. The lowest BCUT2D eigenvalue weighted by molar-refractivity contribution is 0.0506. The van der Waals surface area contributed by atoms with E-state index in [0.29, 0.717) is 13.0 Å². The highest BCUT2D eigenvalue weighted by molar-refractivity contribution is 7.18. The first-order chi connectivity index (χ1) is 9.87. The summed E-state index contributed by atoms with van der Waals surface area (Å²) in [6, 6.07) is 7.79. The molecule has 0 saturated carbocycles. The number of benzene rings is 1. The zero-order chi connectivity index (χ0) is 15.5. The van der Waals surface area contributed by atoms with Crippen molar-refractivity contribution in [2.24, 2.45) is 5.73 Å². The number of para-hydroxylation sites is 1. The number of carbonyl (C=O) groups is 1. The van der Waals surface area contributed by atoms with Gasteiger partial charge in [0.15, 0.2) is 0 Å². The van der Waals surface area contributed by atoms with Crippen molar-refractivity contribution in [3.05, 3.63) is 29.3 Å². The number of nitrogens with zero attached hydrogens (tertiary/aromatic N) is 1. The summed E-state index contributed by atoms with van der Waals surface area (Å²) in [6.07, 6.45) is 0.161. The summed E-state index contributed by atoms with van der Waals surface area (Å²) in [5.74, 6) is 0. The Morgan fingerprint density at radius 3 is 2.76 bits per heavy atom. The van der Waals surface area contributed by atoms with Gasteiger partial charge >= 0.3 is 6.09 Å². The molecule has 3 N–H and O–H groups in total. The maximum Gasteiger partial charge on any atom is 0.407 e. The molecule has 2 aromatic rings. The van der Waals surface area contributed by atoms with Gasteiger partial charge in [-0.2, -0.15) is 0 Å². The van der Waals surface area contributed by atoms with Crippen molar-refractivity contribution in [2.45, 2.75) is 38.8 Å². The first-order valence-corrected chi connectivity index (χ1v) is 7.73. The Morgan fingerprint density at radius 2 is 2.14 bits per heavy atom. The molecule has 1 amide bonds. The minimum Gasteiger partial charge on any atom is -0.444 e. The number of nitrogens with two attached hydrogens (primary N) is 1. The van der Waals surface area contributed by atoms with Crippen LogP contribution in [0.25, 0.3) is 10.2 Å². The smallest absolute Gasteiger partial charge is 0.407 e. The van der Waals surface area contributed by atoms with E-state index in [-0.39, 0.29) is 6.04 Å². The van der Waals surface area contributed by atoms with E-state index in [4.69, 9.17) is 10.5 Å². The van der Waals surface area contributed by atoms with Gasteiger partial charge in [-0.05, 0) is 32.9 Å². The number of thiazole rings is 1. The normalized spacial score (nSPS) is 13.1. The molecule has 0 aliphatic carbocycles. The first-order valence-electron chi connectivity index (χ1n) is 6.91. The van der Waals surface area contributed by atoms with Crippen LogP contribution in [0.1, 0.15) is 25.8 Å². The van der Waals surface area contributed by atoms with Gasteiger partial charge in [0.1, 0.15) is 5.60 Å². The Balaban J connectivity index is 2.00. The molecule has 1 aromatic heterocycles. The molecule has 0 spiro atoms. The fourth-order valence-electron chi connectivity index (χ4n) is 1.89. The second-order valence-corrected chi connectivity index (χ2v) is 6.97. The van der Waals surface area contributed by atoms with Gasteiger partial charge in [-0.3, -0.25) is 0 Å². The van der Waals surface area contributed by atoms with Gasteiger partial charge in [0.2, 0.25) is 0 Å². The first kappa shape index (κ1) is 15.7. The highest BCUT2D eigenvalue weighted by atomic mass is 32.1. The van der Waals surface area contributed by atoms with Crippen molar-refractivity contribution in [1.82, 2.24) is 10.3 Å². The van der Waals surface area contributed by atoms with Crippen molar-refractivity contribution in [3.8, 4) is 0 Å². The van der Waals surface area contributed by atoms with Crippen LogP contribution in [0.3, 0.4) is 0 Å². The predicted molar refractivity (Wildman–Crippen MR) is 85.5 cm³/mol. The highest BCUT2D eigenvalue weighted by Gasteiger charge is 2.20. The number of hydrogen-bond acceptors (Lipinski definition) is 5. The Kier molecular flexibility index (Phi) is 4.80. The van der Waals surface area contributed by atoms with Crippen LogP contribution in [0.15, 0.2) is 24.3 Å². The molecule has 1 unspecified atom stereocenters. The zero-order valence-corrected chi connectivity index (χ0v) is 13.4. The molecule has 0 saturated heterocycles. The van der Waals surface area contributed by atoms with Crippen LogP contribution in [0.4, 0.5) is 4.79 Å². The van der Waals surface area contributed by atoms with Crippen molar-refractivity contribution in [3.63, 3.8) is 0 Å². The molecule has 0 radical (unpaired) electrons. The van der Waals surface area contributed by atoms with Crippen molar-refractivity contribution in [2.75, 3.05) is 6.54 Å². The van der Waals surface area contributed by atoms with Gasteiger partial charge in [-0.15, -0.1) is 11.3 Å². The molecule has 1 aromatic carbocycles. The lowest BCUT2D eigenvalue weighted by atomic mass is 10.2. The summed E-state index contributed by atoms with van der Waals surface area (Å²) in [4.78, 5) is 16.3. The Morgan fingerprint density at radius 1 is 1.43 bits per heavy atom. The molecule has 5 nitrogen and oxygen atoms in total. The molecule has 0 fully saturated rings. The highest BCUT2D eigenvalue weighted by Crippen LogP contribution is 2.22. The molecule has 0 aliphatic heterocycles. The number of hydrogen-bond donors (Lipinski definition) is 2. The fourth-order valence-corrected chi connectivity index (χ4v) is 2.93. The largest absolute Gasteiger partial charge is 0.444 e. The van der Waals surface area contributed by atoms with E-state index in [1.165, 1.54) is 0 Å². The number of carbonyl (C=O) groups excluding carboxylic acids is 1. The summed E-state index contributed by atoms with van der Waals surface area (Å²) in [7, 11) is 0. The molecular formula is C15H21N3O2S. The van der Waals surface area contributed by atoms with Gasteiger partial charge in [-0.25, -0.2) is 9.78 Å². The Labute approximate surface area is 128 Å². The van der Waals surface area contributed by atoms with Crippen LogP contribution in [0, 0.1) is 0 Å². The van der Waals surface area contributed by atoms with Crippen LogP contribution in [-0.4, -0.2) is 29.3 Å². The van der Waals surface area contributed by atoms with Crippen LogP contribution in [0.2, 0.25) is 0 Å². The van der Waals surface area contributed by atoms with E-state index in [2.05, 4.69) is 10.3 Å².